The summed E-state index contributed by atoms with van der Waals surface area (Å²) in [6.45, 7) is 5.51. The van der Waals surface area contributed by atoms with Crippen LogP contribution >= 0.6 is 11.6 Å². The molecule has 0 radical (unpaired) electrons. The summed E-state index contributed by atoms with van der Waals surface area (Å²) in [6, 6.07) is 4.02. The molecule has 1 aromatic carbocycles. The van der Waals surface area contributed by atoms with Crippen molar-refractivity contribution in [2.75, 3.05) is 6.54 Å². The Labute approximate surface area is 251 Å². The molecule has 1 aliphatic carbocycles. The molecular weight excluding hydrogens is 584 g/mol. The van der Waals surface area contributed by atoms with Crippen molar-refractivity contribution in [3.63, 3.8) is 0 Å². The van der Waals surface area contributed by atoms with Crippen LogP contribution in [0.1, 0.15) is 72.1 Å². The molecule has 13 heteroatoms. The van der Waals surface area contributed by atoms with Gasteiger partial charge in [-0.25, -0.2) is 17.9 Å². The minimum absolute atomic E-state index is 0.0386. The van der Waals surface area contributed by atoms with Gasteiger partial charge < -0.3 is 20.3 Å². The molecule has 2 heterocycles. The molecule has 4 atom stereocenters. The molecule has 1 saturated carbocycles. The number of nitrogens with zero attached hydrogens (tertiary/aromatic N) is 1. The summed E-state index contributed by atoms with van der Waals surface area (Å²) in [5.41, 5.74) is -2.24. The minimum Gasteiger partial charge on any atom is -0.444 e. The summed E-state index contributed by atoms with van der Waals surface area (Å²) in [6.07, 6.45) is 7.59. The number of alkyl carbamates (subject to hydrolysis) is 1. The molecule has 3 aliphatic rings. The zero-order valence-corrected chi connectivity index (χ0v) is 25.7. The first kappa shape index (κ1) is 31.8. The number of hydrogen-bond acceptors (Lipinski definition) is 7. The van der Waals surface area contributed by atoms with E-state index < -0.39 is 63.0 Å². The van der Waals surface area contributed by atoms with Crippen molar-refractivity contribution in [3.05, 3.63) is 41.4 Å². The number of benzene rings is 1. The van der Waals surface area contributed by atoms with Crippen LogP contribution in [0.2, 0.25) is 5.02 Å². The van der Waals surface area contributed by atoms with E-state index in [0.717, 1.165) is 12.8 Å². The molecule has 0 spiro atoms. The van der Waals surface area contributed by atoms with Crippen molar-refractivity contribution >= 4 is 45.4 Å². The Kier molecular flexibility index (Phi) is 9.56. The van der Waals surface area contributed by atoms with E-state index in [1.807, 2.05) is 12.2 Å². The zero-order chi connectivity index (χ0) is 30.7. The van der Waals surface area contributed by atoms with Gasteiger partial charge in [-0.2, -0.15) is 0 Å². The molecule has 0 aromatic heterocycles. The SMILES string of the molecule is CC(C)(C)OC(=O)N[C@H]1CCCCC/C=C\[C@H]2C[C@@]2(C(=O)NS(=O)(=O)c2ccccc2Cl)NC(=O)[C@@H]2CCCN2C1=O. The average molecular weight is 623 g/mol. The van der Waals surface area contributed by atoms with Crippen LogP contribution in [0.3, 0.4) is 0 Å². The number of halogens is 1. The second-order valence-electron chi connectivity index (χ2n) is 12.1. The van der Waals surface area contributed by atoms with Crippen LogP contribution in [0.15, 0.2) is 41.3 Å². The summed E-state index contributed by atoms with van der Waals surface area (Å²) in [5.74, 6) is -2.22. The van der Waals surface area contributed by atoms with Gasteiger partial charge in [0.05, 0.1) is 5.02 Å². The van der Waals surface area contributed by atoms with Crippen LogP contribution in [-0.2, 0) is 29.1 Å². The predicted molar refractivity (Wildman–Crippen MR) is 156 cm³/mol. The maximum atomic E-state index is 13.7. The van der Waals surface area contributed by atoms with Crippen molar-refractivity contribution in [2.45, 2.75) is 100 Å². The van der Waals surface area contributed by atoms with Gasteiger partial charge in [0.1, 0.15) is 28.1 Å². The number of fused-ring (bicyclic) bond motifs is 2. The number of ether oxygens (including phenoxy) is 1. The normalized spacial score (nSPS) is 27.8. The van der Waals surface area contributed by atoms with Gasteiger partial charge in [-0.3, -0.25) is 14.4 Å². The lowest BCUT2D eigenvalue weighted by Gasteiger charge is -2.30. The summed E-state index contributed by atoms with van der Waals surface area (Å²) in [5, 5.41) is 5.45. The number of rotatable bonds is 4. The van der Waals surface area contributed by atoms with Crippen LogP contribution in [0.25, 0.3) is 0 Å². The number of amides is 4. The van der Waals surface area contributed by atoms with E-state index in [1.54, 1.807) is 26.8 Å². The highest BCUT2D eigenvalue weighted by molar-refractivity contribution is 7.90. The van der Waals surface area contributed by atoms with Crippen molar-refractivity contribution in [2.24, 2.45) is 5.92 Å². The molecule has 11 nitrogen and oxygen atoms in total. The molecule has 0 bridgehead atoms. The van der Waals surface area contributed by atoms with E-state index in [0.29, 0.717) is 38.6 Å². The fourth-order valence-corrected chi connectivity index (χ4v) is 7.03. The van der Waals surface area contributed by atoms with Gasteiger partial charge in [-0.1, -0.05) is 48.7 Å². The van der Waals surface area contributed by atoms with Crippen LogP contribution in [0, 0.1) is 5.92 Å². The van der Waals surface area contributed by atoms with E-state index in [-0.39, 0.29) is 16.3 Å². The van der Waals surface area contributed by atoms with Crippen molar-refractivity contribution in [1.29, 1.82) is 0 Å². The van der Waals surface area contributed by atoms with Crippen molar-refractivity contribution in [1.82, 2.24) is 20.3 Å². The highest BCUT2D eigenvalue weighted by atomic mass is 35.5. The predicted octanol–water partition coefficient (Wildman–Crippen LogP) is 3.42. The maximum Gasteiger partial charge on any atom is 0.408 e. The molecule has 4 amide bonds. The second kappa shape index (κ2) is 12.6. The fourth-order valence-electron chi connectivity index (χ4n) is 5.47. The molecule has 230 valence electrons. The van der Waals surface area contributed by atoms with E-state index in [1.165, 1.54) is 23.1 Å². The maximum absolute atomic E-state index is 13.7. The lowest BCUT2D eigenvalue weighted by atomic mass is 10.0. The fraction of sp³-hybridized carbons (Fsp3) is 0.586. The lowest BCUT2D eigenvalue weighted by molar-refractivity contribution is -0.141. The van der Waals surface area contributed by atoms with Crippen LogP contribution in [0.5, 0.6) is 0 Å². The standard InChI is InChI=1S/C29H39ClN4O7S/c1-28(2,3)41-27(38)31-21-14-8-6-4-5-7-12-19-18-29(19,32-24(35)22-15-11-17-34(22)25(21)36)26(37)33-42(39,40)23-16-10-9-13-20(23)30/h7,9-10,12-13,16,19,21-22H,4-6,8,11,14-15,17-18H2,1-3H3,(H,31,38)(H,32,35)(H,33,37)/b12-7-/t19-,21-,22-,29+/m0/s1. The van der Waals surface area contributed by atoms with Gasteiger partial charge in [-0.15, -0.1) is 0 Å². The smallest absolute Gasteiger partial charge is 0.408 e. The Balaban J connectivity index is 1.57. The van der Waals surface area contributed by atoms with E-state index in [2.05, 4.69) is 15.4 Å². The first-order valence-corrected chi connectivity index (χ1v) is 16.2. The molecule has 3 N–H and O–H groups in total. The molecule has 1 aromatic rings. The van der Waals surface area contributed by atoms with Gasteiger partial charge in [0.15, 0.2) is 0 Å². The number of carbonyl (C=O) groups excluding carboxylic acids is 4. The average Bonchev–Trinajstić information content (AvgIpc) is 3.35. The molecule has 2 fully saturated rings. The molecule has 0 unspecified atom stereocenters. The van der Waals surface area contributed by atoms with Gasteiger partial charge in [-0.05, 0) is 71.4 Å². The van der Waals surface area contributed by atoms with Crippen LogP contribution in [-0.4, -0.2) is 66.9 Å². The van der Waals surface area contributed by atoms with Gasteiger partial charge in [0.2, 0.25) is 11.8 Å². The highest BCUT2D eigenvalue weighted by Gasteiger charge is 2.61. The first-order chi connectivity index (χ1) is 19.7. The van der Waals surface area contributed by atoms with E-state index in [9.17, 15) is 27.6 Å². The Morgan fingerprint density at radius 3 is 2.55 bits per heavy atom. The van der Waals surface area contributed by atoms with Crippen molar-refractivity contribution < 1.29 is 32.3 Å². The summed E-state index contributed by atoms with van der Waals surface area (Å²) in [4.78, 5) is 54.6. The molecule has 4 rings (SSSR count). The number of allylic oxidation sites excluding steroid dienone is 1. The first-order valence-electron chi connectivity index (χ1n) is 14.3. The van der Waals surface area contributed by atoms with E-state index >= 15 is 0 Å². The third-order valence-electron chi connectivity index (χ3n) is 7.68. The number of sulfonamides is 1. The molecule has 1 saturated heterocycles. The Morgan fingerprint density at radius 1 is 1.10 bits per heavy atom. The Morgan fingerprint density at radius 2 is 1.83 bits per heavy atom. The molecular formula is C29H39ClN4O7S. The van der Waals surface area contributed by atoms with Gasteiger partial charge >= 0.3 is 6.09 Å². The Bertz CT molecular complexity index is 1360. The minimum atomic E-state index is -4.32. The highest BCUT2D eigenvalue weighted by Crippen LogP contribution is 2.46. The summed E-state index contributed by atoms with van der Waals surface area (Å²) in [7, 11) is -4.32. The third kappa shape index (κ3) is 7.44. The number of nitrogens with one attached hydrogen (secondary N) is 3. The van der Waals surface area contributed by atoms with Crippen LogP contribution in [0.4, 0.5) is 4.79 Å². The van der Waals surface area contributed by atoms with Crippen molar-refractivity contribution in [3.8, 4) is 0 Å². The topological polar surface area (TPSA) is 151 Å². The van der Waals surface area contributed by atoms with Gasteiger partial charge in [0.25, 0.3) is 15.9 Å². The summed E-state index contributed by atoms with van der Waals surface area (Å²) >= 11 is 6.08. The second-order valence-corrected chi connectivity index (χ2v) is 14.1. The largest absolute Gasteiger partial charge is 0.444 e. The lowest BCUT2D eigenvalue weighted by Crippen LogP contribution is -2.58. The number of hydrogen-bond donors (Lipinski definition) is 3. The monoisotopic (exact) mass is 622 g/mol. The third-order valence-corrected chi connectivity index (χ3v) is 9.51. The Hall–Kier alpha value is -3.12. The molecule has 42 heavy (non-hydrogen) atoms. The summed E-state index contributed by atoms with van der Waals surface area (Å²) < 4.78 is 33.6. The molecule has 2 aliphatic heterocycles. The van der Waals surface area contributed by atoms with Crippen LogP contribution < -0.4 is 15.4 Å². The van der Waals surface area contributed by atoms with E-state index in [4.69, 9.17) is 16.3 Å². The van der Waals surface area contributed by atoms with Gasteiger partial charge in [0, 0.05) is 12.5 Å². The number of carbonyl (C=O) groups is 4. The zero-order valence-electron chi connectivity index (χ0n) is 24.2. The quantitative estimate of drug-likeness (QED) is 0.435.